The fraction of sp³-hybridized carbons (Fsp3) is 0.600. The first-order valence-electron chi connectivity index (χ1n) is 7.20. The molecule has 5 heteroatoms. The summed E-state index contributed by atoms with van der Waals surface area (Å²) in [5.41, 5.74) is 2.70. The Hall–Kier alpha value is -1.20. The minimum absolute atomic E-state index is 0.317. The number of rotatable bonds is 3. The summed E-state index contributed by atoms with van der Waals surface area (Å²) in [6, 6.07) is 0.443. The van der Waals surface area contributed by atoms with Crippen LogP contribution in [0.4, 0.5) is 0 Å². The largest absolute Gasteiger partial charge is 0.332 e. The van der Waals surface area contributed by atoms with E-state index < -0.39 is 0 Å². The maximum atomic E-state index is 4.90. The summed E-state index contributed by atoms with van der Waals surface area (Å²) in [6.07, 6.45) is 5.98. The highest BCUT2D eigenvalue weighted by atomic mass is 32.1. The molecule has 3 rings (SSSR count). The first kappa shape index (κ1) is 13.8. The molecule has 1 aliphatic carbocycles. The van der Waals surface area contributed by atoms with Crippen molar-refractivity contribution in [1.29, 1.82) is 0 Å². The SMILES string of the molecule is CCNC1CC(C)(C)Cc2nc(-c3cncn3C)sc21. The van der Waals surface area contributed by atoms with Crippen LogP contribution in [0.3, 0.4) is 0 Å². The van der Waals surface area contributed by atoms with Crippen molar-refractivity contribution in [2.24, 2.45) is 12.5 Å². The summed E-state index contributed by atoms with van der Waals surface area (Å²) < 4.78 is 2.04. The average Bonchev–Trinajstić information content (AvgIpc) is 2.93. The first-order valence-corrected chi connectivity index (χ1v) is 8.01. The summed E-state index contributed by atoms with van der Waals surface area (Å²) >= 11 is 1.82. The number of fused-ring (bicyclic) bond motifs is 1. The van der Waals surface area contributed by atoms with Crippen LogP contribution in [0.15, 0.2) is 12.5 Å². The van der Waals surface area contributed by atoms with Gasteiger partial charge in [-0.05, 0) is 24.8 Å². The topological polar surface area (TPSA) is 42.7 Å². The number of imidazole rings is 1. The molecule has 1 aliphatic rings. The van der Waals surface area contributed by atoms with Crippen molar-refractivity contribution < 1.29 is 0 Å². The highest BCUT2D eigenvalue weighted by Crippen LogP contribution is 2.44. The van der Waals surface area contributed by atoms with E-state index in [2.05, 4.69) is 31.1 Å². The quantitative estimate of drug-likeness (QED) is 0.944. The fourth-order valence-electron chi connectivity index (χ4n) is 3.02. The summed E-state index contributed by atoms with van der Waals surface area (Å²) in [5.74, 6) is 0. The molecule has 1 unspecified atom stereocenters. The normalized spacial score (nSPS) is 20.9. The monoisotopic (exact) mass is 290 g/mol. The molecule has 0 spiro atoms. The van der Waals surface area contributed by atoms with Gasteiger partial charge < -0.3 is 9.88 Å². The van der Waals surface area contributed by atoms with E-state index in [1.165, 1.54) is 17.0 Å². The standard InChI is InChI=1S/C15H22N4S/c1-5-17-10-6-15(2,3)7-11-13(10)20-14(18-11)12-8-16-9-19(12)4/h8-10,17H,5-7H2,1-4H3. The van der Waals surface area contributed by atoms with E-state index in [0.717, 1.165) is 23.7 Å². The number of nitrogens with one attached hydrogen (secondary N) is 1. The van der Waals surface area contributed by atoms with Crippen molar-refractivity contribution >= 4 is 11.3 Å². The van der Waals surface area contributed by atoms with Gasteiger partial charge in [0, 0.05) is 18.0 Å². The molecule has 0 aliphatic heterocycles. The molecule has 0 saturated heterocycles. The van der Waals surface area contributed by atoms with Crippen molar-refractivity contribution in [3.05, 3.63) is 23.1 Å². The van der Waals surface area contributed by atoms with E-state index in [1.54, 1.807) is 0 Å². The van der Waals surface area contributed by atoms with Crippen LogP contribution in [0, 0.1) is 5.41 Å². The molecule has 0 aromatic carbocycles. The van der Waals surface area contributed by atoms with E-state index >= 15 is 0 Å². The minimum atomic E-state index is 0.317. The number of hydrogen-bond donors (Lipinski definition) is 1. The molecule has 2 aromatic rings. The lowest BCUT2D eigenvalue weighted by molar-refractivity contribution is 0.260. The third-order valence-electron chi connectivity index (χ3n) is 3.93. The third-order valence-corrected chi connectivity index (χ3v) is 5.17. The number of aromatic nitrogens is 3. The number of hydrogen-bond acceptors (Lipinski definition) is 4. The lowest BCUT2D eigenvalue weighted by atomic mass is 9.76. The van der Waals surface area contributed by atoms with Gasteiger partial charge in [0.1, 0.15) is 5.01 Å². The molecule has 0 saturated carbocycles. The Morgan fingerprint density at radius 2 is 2.30 bits per heavy atom. The fourth-order valence-corrected chi connectivity index (χ4v) is 4.23. The van der Waals surface area contributed by atoms with Crippen LogP contribution in [0.25, 0.3) is 10.7 Å². The average molecular weight is 290 g/mol. The van der Waals surface area contributed by atoms with E-state index in [4.69, 9.17) is 4.98 Å². The zero-order valence-corrected chi connectivity index (χ0v) is 13.4. The van der Waals surface area contributed by atoms with Crippen LogP contribution in [0.1, 0.15) is 43.8 Å². The maximum Gasteiger partial charge on any atom is 0.142 e. The van der Waals surface area contributed by atoms with Crippen LogP contribution in [-0.4, -0.2) is 21.1 Å². The van der Waals surface area contributed by atoms with Crippen molar-refractivity contribution in [3.8, 4) is 10.7 Å². The molecular formula is C15H22N4S. The highest BCUT2D eigenvalue weighted by molar-refractivity contribution is 7.15. The minimum Gasteiger partial charge on any atom is -0.332 e. The van der Waals surface area contributed by atoms with Crippen LogP contribution < -0.4 is 5.32 Å². The van der Waals surface area contributed by atoms with Crippen LogP contribution >= 0.6 is 11.3 Å². The van der Waals surface area contributed by atoms with Crippen molar-refractivity contribution in [2.45, 2.75) is 39.7 Å². The van der Waals surface area contributed by atoms with Crippen molar-refractivity contribution in [3.63, 3.8) is 0 Å². The predicted octanol–water partition coefficient (Wildman–Crippen LogP) is 3.17. The smallest absolute Gasteiger partial charge is 0.142 e. The van der Waals surface area contributed by atoms with Gasteiger partial charge in [0.2, 0.25) is 0 Å². The van der Waals surface area contributed by atoms with E-state index in [1.807, 2.05) is 35.5 Å². The van der Waals surface area contributed by atoms with Crippen LogP contribution in [-0.2, 0) is 13.5 Å². The molecule has 1 N–H and O–H groups in total. The van der Waals surface area contributed by atoms with E-state index in [-0.39, 0.29) is 0 Å². The Balaban J connectivity index is 2.02. The first-order chi connectivity index (χ1) is 9.50. The van der Waals surface area contributed by atoms with Crippen molar-refractivity contribution in [1.82, 2.24) is 19.9 Å². The summed E-state index contributed by atoms with van der Waals surface area (Å²) in [7, 11) is 2.02. The van der Waals surface area contributed by atoms with Gasteiger partial charge in [0.05, 0.1) is 23.9 Å². The lowest BCUT2D eigenvalue weighted by Gasteiger charge is -2.34. The van der Waals surface area contributed by atoms with Gasteiger partial charge in [-0.2, -0.15) is 0 Å². The van der Waals surface area contributed by atoms with E-state index in [0.29, 0.717) is 11.5 Å². The summed E-state index contributed by atoms with van der Waals surface area (Å²) in [5, 5.41) is 4.71. The Morgan fingerprint density at radius 3 is 2.95 bits per heavy atom. The Labute approximate surface area is 124 Å². The van der Waals surface area contributed by atoms with Gasteiger partial charge in [-0.25, -0.2) is 9.97 Å². The molecule has 0 fully saturated rings. The van der Waals surface area contributed by atoms with Gasteiger partial charge in [-0.3, -0.25) is 0 Å². The molecule has 1 atom stereocenters. The van der Waals surface area contributed by atoms with Gasteiger partial charge in [0.15, 0.2) is 0 Å². The Bertz CT molecular complexity index is 611. The van der Waals surface area contributed by atoms with Crippen LogP contribution in [0.5, 0.6) is 0 Å². The molecular weight excluding hydrogens is 268 g/mol. The van der Waals surface area contributed by atoms with Gasteiger partial charge in [0.25, 0.3) is 0 Å². The zero-order valence-electron chi connectivity index (χ0n) is 12.6. The molecule has 0 bridgehead atoms. The van der Waals surface area contributed by atoms with Gasteiger partial charge >= 0.3 is 0 Å². The van der Waals surface area contributed by atoms with Crippen LogP contribution in [0.2, 0.25) is 0 Å². The van der Waals surface area contributed by atoms with Gasteiger partial charge in [-0.1, -0.05) is 20.8 Å². The molecule has 0 amide bonds. The third kappa shape index (κ3) is 2.40. The summed E-state index contributed by atoms with van der Waals surface area (Å²) in [6.45, 7) is 7.84. The van der Waals surface area contributed by atoms with E-state index in [9.17, 15) is 0 Å². The summed E-state index contributed by atoms with van der Waals surface area (Å²) in [4.78, 5) is 10.5. The van der Waals surface area contributed by atoms with Gasteiger partial charge in [-0.15, -0.1) is 11.3 Å². The number of aryl methyl sites for hydroxylation is 1. The molecule has 2 aromatic heterocycles. The molecule has 2 heterocycles. The van der Waals surface area contributed by atoms with Crippen molar-refractivity contribution in [2.75, 3.05) is 6.54 Å². The second kappa shape index (κ2) is 4.97. The molecule has 108 valence electrons. The second-order valence-electron chi connectivity index (χ2n) is 6.38. The predicted molar refractivity (Wildman–Crippen MR) is 82.8 cm³/mol. The molecule has 0 radical (unpaired) electrons. The zero-order chi connectivity index (χ0) is 14.3. The number of nitrogens with zero attached hydrogens (tertiary/aromatic N) is 3. The number of thiazole rings is 1. The molecule has 20 heavy (non-hydrogen) atoms. The molecule has 4 nitrogen and oxygen atoms in total. The maximum absolute atomic E-state index is 4.90. The Kier molecular flexibility index (Phi) is 3.42. The lowest BCUT2D eigenvalue weighted by Crippen LogP contribution is -2.32. The second-order valence-corrected chi connectivity index (χ2v) is 7.41. The Morgan fingerprint density at radius 1 is 1.50 bits per heavy atom. The highest BCUT2D eigenvalue weighted by Gasteiger charge is 2.34.